The van der Waals surface area contributed by atoms with Crippen LogP contribution in [-0.2, 0) is 0 Å². The number of aliphatic hydroxyl groups is 1. The molecule has 2 heterocycles. The van der Waals surface area contributed by atoms with Gasteiger partial charge in [0.2, 0.25) is 5.82 Å². The average molecular weight is 248 g/mol. The third-order valence-electron chi connectivity index (χ3n) is 2.90. The van der Waals surface area contributed by atoms with Crippen LogP contribution >= 0.6 is 0 Å². The molecule has 0 radical (unpaired) electrons. The maximum absolute atomic E-state index is 11.1. The summed E-state index contributed by atoms with van der Waals surface area (Å²) >= 11 is 0. The third kappa shape index (κ3) is 2.24. The number of nitriles is 1. The fourth-order valence-electron chi connectivity index (χ4n) is 2.09. The molecule has 1 aliphatic heterocycles. The Hall–Kier alpha value is -2.20. The van der Waals surface area contributed by atoms with Gasteiger partial charge in [-0.15, -0.1) is 0 Å². The molecule has 0 aromatic carbocycles. The molecule has 1 saturated heterocycles. The van der Waals surface area contributed by atoms with Crippen molar-refractivity contribution in [1.82, 2.24) is 4.98 Å². The monoisotopic (exact) mass is 248 g/mol. The second-order valence-electron chi connectivity index (χ2n) is 4.14. The predicted molar refractivity (Wildman–Crippen MR) is 63.1 cm³/mol. The first-order valence-electron chi connectivity index (χ1n) is 5.60. The van der Waals surface area contributed by atoms with Crippen LogP contribution in [-0.4, -0.2) is 34.2 Å². The minimum atomic E-state index is -0.595. The maximum Gasteiger partial charge on any atom is 0.329 e. The van der Waals surface area contributed by atoms with Crippen molar-refractivity contribution in [3.8, 4) is 6.07 Å². The lowest BCUT2D eigenvalue weighted by atomic mass is 10.1. The van der Waals surface area contributed by atoms with Gasteiger partial charge in [0.05, 0.1) is 11.0 Å². The van der Waals surface area contributed by atoms with Gasteiger partial charge in [-0.2, -0.15) is 5.26 Å². The Bertz CT molecular complexity index is 512. The van der Waals surface area contributed by atoms with Gasteiger partial charge in [-0.3, -0.25) is 10.1 Å². The summed E-state index contributed by atoms with van der Waals surface area (Å²) in [5, 5.41) is 29.5. The number of piperidine rings is 1. The Morgan fingerprint density at radius 2 is 2.44 bits per heavy atom. The zero-order chi connectivity index (χ0) is 13.1. The molecule has 7 heteroatoms. The largest absolute Gasteiger partial charge is 0.391 e. The van der Waals surface area contributed by atoms with Gasteiger partial charge in [0.25, 0.3) is 0 Å². The van der Waals surface area contributed by atoms with Gasteiger partial charge in [-0.1, -0.05) is 0 Å². The van der Waals surface area contributed by atoms with Crippen molar-refractivity contribution in [3.05, 3.63) is 27.9 Å². The van der Waals surface area contributed by atoms with E-state index in [9.17, 15) is 15.2 Å². The molecule has 0 amide bonds. The summed E-state index contributed by atoms with van der Waals surface area (Å²) in [6.45, 7) is 0.905. The van der Waals surface area contributed by atoms with Crippen LogP contribution in [0.25, 0.3) is 0 Å². The average Bonchev–Trinajstić information content (AvgIpc) is 2.37. The first-order valence-corrected chi connectivity index (χ1v) is 5.60. The van der Waals surface area contributed by atoms with Gasteiger partial charge in [-0.25, -0.2) is 4.98 Å². The number of hydrogen-bond donors (Lipinski definition) is 1. The molecule has 1 fully saturated rings. The van der Waals surface area contributed by atoms with Crippen molar-refractivity contribution < 1.29 is 10.0 Å². The molecule has 0 bridgehead atoms. The fourth-order valence-corrected chi connectivity index (χ4v) is 2.09. The van der Waals surface area contributed by atoms with E-state index in [1.807, 2.05) is 0 Å². The Balaban J connectivity index is 2.44. The van der Waals surface area contributed by atoms with Crippen LogP contribution in [0, 0.1) is 21.4 Å². The van der Waals surface area contributed by atoms with Crippen LogP contribution in [0.3, 0.4) is 0 Å². The standard InChI is InChI=1S/C11H12N4O3/c12-6-8-3-4-13-11(10(8)15(17)18)14-5-1-2-9(16)7-14/h3-4,9,16H,1-2,5,7H2. The van der Waals surface area contributed by atoms with Crippen molar-refractivity contribution in [2.45, 2.75) is 18.9 Å². The van der Waals surface area contributed by atoms with Gasteiger partial charge in [-0.05, 0) is 18.9 Å². The van der Waals surface area contributed by atoms with Crippen LogP contribution in [0.1, 0.15) is 18.4 Å². The van der Waals surface area contributed by atoms with Crippen molar-refractivity contribution >= 4 is 11.5 Å². The van der Waals surface area contributed by atoms with Crippen LogP contribution in [0.5, 0.6) is 0 Å². The van der Waals surface area contributed by atoms with Crippen LogP contribution in [0.15, 0.2) is 12.3 Å². The van der Waals surface area contributed by atoms with Crippen LogP contribution in [0.2, 0.25) is 0 Å². The first kappa shape index (κ1) is 12.3. The SMILES string of the molecule is N#Cc1ccnc(N2CCCC(O)C2)c1[N+](=O)[O-]. The van der Waals surface area contributed by atoms with Crippen molar-refractivity contribution in [3.63, 3.8) is 0 Å². The predicted octanol–water partition coefficient (Wildman–Crippen LogP) is 0.823. The second-order valence-corrected chi connectivity index (χ2v) is 4.14. The molecule has 0 aliphatic carbocycles. The smallest absolute Gasteiger partial charge is 0.329 e. The minimum Gasteiger partial charge on any atom is -0.391 e. The molecule has 2 rings (SSSR count). The van der Waals surface area contributed by atoms with Crippen LogP contribution in [0.4, 0.5) is 11.5 Å². The van der Waals surface area contributed by atoms with Crippen LogP contribution < -0.4 is 4.90 Å². The normalized spacial score (nSPS) is 19.3. The van der Waals surface area contributed by atoms with E-state index in [4.69, 9.17) is 5.26 Å². The molecular formula is C11H12N4O3. The molecule has 1 atom stereocenters. The number of anilines is 1. The van der Waals surface area contributed by atoms with E-state index in [-0.39, 0.29) is 17.1 Å². The zero-order valence-corrected chi connectivity index (χ0v) is 9.61. The van der Waals surface area contributed by atoms with E-state index >= 15 is 0 Å². The fraction of sp³-hybridized carbons (Fsp3) is 0.455. The van der Waals surface area contributed by atoms with E-state index in [2.05, 4.69) is 4.98 Å². The quantitative estimate of drug-likeness (QED) is 0.614. The highest BCUT2D eigenvalue weighted by molar-refractivity contribution is 5.65. The lowest BCUT2D eigenvalue weighted by Crippen LogP contribution is -2.39. The number of nitro groups is 1. The van der Waals surface area contributed by atoms with E-state index in [1.165, 1.54) is 12.3 Å². The summed E-state index contributed by atoms with van der Waals surface area (Å²) in [5.41, 5.74) is -0.292. The molecule has 18 heavy (non-hydrogen) atoms. The summed E-state index contributed by atoms with van der Waals surface area (Å²) in [6, 6.07) is 3.12. The number of β-amino-alcohol motifs (C(OH)–C–C–N with tert-alkyl or cyclic N) is 1. The van der Waals surface area contributed by atoms with Gasteiger partial charge >= 0.3 is 5.69 Å². The van der Waals surface area contributed by atoms with E-state index in [0.29, 0.717) is 19.5 Å². The first-order chi connectivity index (χ1) is 8.63. The Morgan fingerprint density at radius 1 is 1.67 bits per heavy atom. The molecule has 1 aliphatic rings. The molecule has 1 aromatic heterocycles. The summed E-state index contributed by atoms with van der Waals surface area (Å²) < 4.78 is 0. The Morgan fingerprint density at radius 3 is 3.06 bits per heavy atom. The van der Waals surface area contributed by atoms with Gasteiger partial charge in [0, 0.05) is 19.3 Å². The van der Waals surface area contributed by atoms with Crippen molar-refractivity contribution in [1.29, 1.82) is 5.26 Å². The van der Waals surface area contributed by atoms with Gasteiger partial charge in [0.1, 0.15) is 11.6 Å². The molecule has 1 unspecified atom stereocenters. The number of aromatic nitrogens is 1. The number of aliphatic hydroxyl groups excluding tert-OH is 1. The number of hydrogen-bond acceptors (Lipinski definition) is 6. The van der Waals surface area contributed by atoms with Crippen molar-refractivity contribution in [2.24, 2.45) is 0 Å². The number of nitrogens with zero attached hydrogens (tertiary/aromatic N) is 4. The maximum atomic E-state index is 11.1. The van der Waals surface area contributed by atoms with E-state index in [1.54, 1.807) is 11.0 Å². The summed E-state index contributed by atoms with van der Waals surface area (Å²) in [4.78, 5) is 16.1. The second kappa shape index (κ2) is 4.98. The number of pyridine rings is 1. The summed E-state index contributed by atoms with van der Waals surface area (Å²) in [7, 11) is 0. The lowest BCUT2D eigenvalue weighted by molar-refractivity contribution is -0.384. The van der Waals surface area contributed by atoms with Gasteiger partial charge < -0.3 is 10.0 Å². The zero-order valence-electron chi connectivity index (χ0n) is 9.61. The molecule has 1 aromatic rings. The lowest BCUT2D eigenvalue weighted by Gasteiger charge is -2.30. The Kier molecular flexibility index (Phi) is 3.39. The number of rotatable bonds is 2. The third-order valence-corrected chi connectivity index (χ3v) is 2.90. The highest BCUT2D eigenvalue weighted by Gasteiger charge is 2.28. The van der Waals surface area contributed by atoms with E-state index in [0.717, 1.165) is 6.42 Å². The Labute approximate surface area is 103 Å². The molecule has 0 saturated carbocycles. The molecular weight excluding hydrogens is 236 g/mol. The highest BCUT2D eigenvalue weighted by atomic mass is 16.6. The molecule has 0 spiro atoms. The molecule has 7 nitrogen and oxygen atoms in total. The minimum absolute atomic E-state index is 0.00920. The molecule has 1 N–H and O–H groups in total. The molecule has 94 valence electrons. The van der Waals surface area contributed by atoms with Gasteiger partial charge in [0.15, 0.2) is 0 Å². The summed E-state index contributed by atoms with van der Waals surface area (Å²) in [6.07, 6.45) is 2.30. The van der Waals surface area contributed by atoms with Crippen molar-refractivity contribution in [2.75, 3.05) is 18.0 Å². The topological polar surface area (TPSA) is 103 Å². The highest BCUT2D eigenvalue weighted by Crippen LogP contribution is 2.30. The van der Waals surface area contributed by atoms with E-state index < -0.39 is 11.0 Å². The summed E-state index contributed by atoms with van der Waals surface area (Å²) in [5.74, 6) is 0.165.